The van der Waals surface area contributed by atoms with E-state index in [9.17, 15) is 4.79 Å². The van der Waals surface area contributed by atoms with Crippen LogP contribution in [0.15, 0.2) is 93.3 Å². The predicted octanol–water partition coefficient (Wildman–Crippen LogP) is 7.75. The summed E-state index contributed by atoms with van der Waals surface area (Å²) in [5.74, 6) is 0.857. The lowest BCUT2D eigenvalue weighted by Gasteiger charge is -2.42. The maximum atomic E-state index is 14.6. The second-order valence-electron chi connectivity index (χ2n) is 10.00. The molecule has 0 saturated heterocycles. The van der Waals surface area contributed by atoms with Crippen LogP contribution in [0.5, 0.6) is 0 Å². The highest BCUT2D eigenvalue weighted by molar-refractivity contribution is 9.10. The molecular formula is C31H29BrN2OS. The van der Waals surface area contributed by atoms with Crippen molar-refractivity contribution in [3.05, 3.63) is 110 Å². The zero-order chi connectivity index (χ0) is 24.5. The van der Waals surface area contributed by atoms with Crippen LogP contribution in [0.4, 0.5) is 0 Å². The number of nitrogens with zero attached hydrogens (tertiary/aromatic N) is 2. The van der Waals surface area contributed by atoms with Gasteiger partial charge >= 0.3 is 0 Å². The molecule has 0 aliphatic heterocycles. The number of hydrogen-bond acceptors (Lipinski definition) is 3. The van der Waals surface area contributed by atoms with Gasteiger partial charge in [-0.2, -0.15) is 0 Å². The van der Waals surface area contributed by atoms with Crippen molar-refractivity contribution in [3.63, 3.8) is 0 Å². The third kappa shape index (κ3) is 4.37. The number of fused-ring (bicyclic) bond motifs is 4. The van der Waals surface area contributed by atoms with Crippen LogP contribution in [-0.2, 0) is 18.3 Å². The Hall–Kier alpha value is -2.63. The van der Waals surface area contributed by atoms with Crippen molar-refractivity contribution in [2.24, 2.45) is 0 Å². The molecule has 0 radical (unpaired) electrons. The van der Waals surface area contributed by atoms with Crippen LogP contribution >= 0.6 is 27.7 Å². The van der Waals surface area contributed by atoms with Gasteiger partial charge in [0.15, 0.2) is 5.16 Å². The summed E-state index contributed by atoms with van der Waals surface area (Å²) < 4.78 is 2.84. The van der Waals surface area contributed by atoms with Gasteiger partial charge in [0.25, 0.3) is 5.56 Å². The van der Waals surface area contributed by atoms with Crippen molar-refractivity contribution in [1.82, 2.24) is 9.55 Å². The fourth-order valence-electron chi connectivity index (χ4n) is 6.03. The molecule has 1 spiro atoms. The number of halogens is 1. The molecule has 0 bridgehead atoms. The SMILES string of the molecule is O=c1c2c(nc(SCCc3ccccc3)n1-c1cccc(Br)c1)-c1ccccc1CC21CCCCC1. The summed E-state index contributed by atoms with van der Waals surface area (Å²) in [6.07, 6.45) is 7.58. The van der Waals surface area contributed by atoms with Crippen molar-refractivity contribution >= 4 is 27.7 Å². The molecule has 5 heteroatoms. The number of aryl methyl sites for hydroxylation is 1. The van der Waals surface area contributed by atoms with Crippen LogP contribution in [0.1, 0.15) is 48.8 Å². The molecule has 4 aromatic rings. The molecule has 36 heavy (non-hydrogen) atoms. The summed E-state index contributed by atoms with van der Waals surface area (Å²) in [6, 6.07) is 27.1. The van der Waals surface area contributed by atoms with Gasteiger partial charge in [-0.15, -0.1) is 0 Å². The summed E-state index contributed by atoms with van der Waals surface area (Å²) >= 11 is 5.29. The van der Waals surface area contributed by atoms with Crippen LogP contribution in [-0.4, -0.2) is 15.3 Å². The highest BCUT2D eigenvalue weighted by Gasteiger charge is 2.43. The van der Waals surface area contributed by atoms with Gasteiger partial charge < -0.3 is 0 Å². The Balaban J connectivity index is 1.53. The summed E-state index contributed by atoms with van der Waals surface area (Å²) in [6.45, 7) is 0. The van der Waals surface area contributed by atoms with Crippen molar-refractivity contribution in [1.29, 1.82) is 0 Å². The minimum atomic E-state index is -0.118. The smallest absolute Gasteiger partial charge is 0.263 e. The van der Waals surface area contributed by atoms with E-state index in [0.29, 0.717) is 0 Å². The van der Waals surface area contributed by atoms with Crippen LogP contribution in [0.2, 0.25) is 0 Å². The molecule has 0 atom stereocenters. The standard InChI is InChI=1S/C31H29BrN2OS/c32-24-13-9-14-25(20-24)34-29(35)27-28(33-30(34)36-19-16-22-10-3-1-4-11-22)26-15-6-5-12-23(26)21-31(27)17-7-2-8-18-31/h1,3-6,9-15,20H,2,7-8,16-19,21H2. The molecule has 1 aromatic heterocycles. The Morgan fingerprint density at radius 2 is 1.69 bits per heavy atom. The number of aromatic nitrogens is 2. The zero-order valence-corrected chi connectivity index (χ0v) is 22.7. The zero-order valence-electron chi connectivity index (χ0n) is 20.3. The molecule has 1 saturated carbocycles. The monoisotopic (exact) mass is 556 g/mol. The molecule has 1 fully saturated rings. The summed E-state index contributed by atoms with van der Waals surface area (Å²) in [5, 5.41) is 0.774. The molecular weight excluding hydrogens is 528 g/mol. The molecule has 3 nitrogen and oxygen atoms in total. The van der Waals surface area contributed by atoms with E-state index in [4.69, 9.17) is 4.98 Å². The fraction of sp³-hybridized carbons (Fsp3) is 0.290. The van der Waals surface area contributed by atoms with E-state index >= 15 is 0 Å². The average molecular weight is 558 g/mol. The Morgan fingerprint density at radius 3 is 2.50 bits per heavy atom. The predicted molar refractivity (Wildman–Crippen MR) is 152 cm³/mol. The first-order valence-electron chi connectivity index (χ1n) is 12.8. The van der Waals surface area contributed by atoms with Gasteiger partial charge in [0, 0.05) is 21.2 Å². The van der Waals surface area contributed by atoms with Gasteiger partial charge in [0.05, 0.1) is 16.9 Å². The molecule has 182 valence electrons. The fourth-order valence-corrected chi connectivity index (χ4v) is 7.41. The van der Waals surface area contributed by atoms with E-state index < -0.39 is 0 Å². The van der Waals surface area contributed by atoms with E-state index in [0.717, 1.165) is 63.6 Å². The van der Waals surface area contributed by atoms with Crippen LogP contribution in [0.25, 0.3) is 16.9 Å². The van der Waals surface area contributed by atoms with E-state index in [1.54, 1.807) is 11.8 Å². The lowest BCUT2D eigenvalue weighted by atomic mass is 9.62. The van der Waals surface area contributed by atoms with Crippen molar-refractivity contribution in [3.8, 4) is 16.9 Å². The van der Waals surface area contributed by atoms with Crippen LogP contribution < -0.4 is 5.56 Å². The van der Waals surface area contributed by atoms with Crippen molar-refractivity contribution in [2.45, 2.75) is 55.5 Å². The minimum Gasteiger partial charge on any atom is -0.268 e. The summed E-state index contributed by atoms with van der Waals surface area (Å²) in [4.78, 5) is 19.9. The van der Waals surface area contributed by atoms with Gasteiger partial charge in [-0.1, -0.05) is 108 Å². The maximum absolute atomic E-state index is 14.6. The van der Waals surface area contributed by atoms with Crippen LogP contribution in [0, 0.1) is 0 Å². The van der Waals surface area contributed by atoms with Gasteiger partial charge in [-0.05, 0) is 55.0 Å². The van der Waals surface area contributed by atoms with Gasteiger partial charge in [-0.3, -0.25) is 9.36 Å². The first-order chi connectivity index (χ1) is 17.6. The highest BCUT2D eigenvalue weighted by atomic mass is 79.9. The second kappa shape index (κ2) is 10.0. The first-order valence-corrected chi connectivity index (χ1v) is 14.6. The van der Waals surface area contributed by atoms with Gasteiger partial charge in [-0.25, -0.2) is 4.98 Å². The van der Waals surface area contributed by atoms with E-state index in [1.165, 1.54) is 30.4 Å². The molecule has 0 N–H and O–H groups in total. The minimum absolute atomic E-state index is 0.108. The topological polar surface area (TPSA) is 34.9 Å². The summed E-state index contributed by atoms with van der Waals surface area (Å²) in [5.41, 5.74) is 6.48. The molecule has 0 unspecified atom stereocenters. The first kappa shape index (κ1) is 23.7. The van der Waals surface area contributed by atoms with E-state index in [-0.39, 0.29) is 11.0 Å². The molecule has 1 heterocycles. The Labute approximate surface area is 225 Å². The Kier molecular flexibility index (Phi) is 6.61. The average Bonchev–Trinajstić information content (AvgIpc) is 2.90. The number of rotatable bonds is 5. The number of benzene rings is 3. The quantitative estimate of drug-likeness (QED) is 0.186. The lowest BCUT2D eigenvalue weighted by molar-refractivity contribution is 0.283. The number of thioether (sulfide) groups is 1. The second-order valence-corrected chi connectivity index (χ2v) is 12.0. The van der Waals surface area contributed by atoms with E-state index in [2.05, 4.69) is 64.5 Å². The molecule has 2 aliphatic rings. The molecule has 3 aromatic carbocycles. The van der Waals surface area contributed by atoms with Crippen molar-refractivity contribution < 1.29 is 0 Å². The Morgan fingerprint density at radius 1 is 0.917 bits per heavy atom. The van der Waals surface area contributed by atoms with Crippen molar-refractivity contribution in [2.75, 3.05) is 5.75 Å². The lowest BCUT2D eigenvalue weighted by Crippen LogP contribution is -2.42. The Bertz CT molecular complexity index is 1460. The summed E-state index contributed by atoms with van der Waals surface area (Å²) in [7, 11) is 0. The molecule has 2 aliphatic carbocycles. The number of hydrogen-bond donors (Lipinski definition) is 0. The largest absolute Gasteiger partial charge is 0.268 e. The highest BCUT2D eigenvalue weighted by Crippen LogP contribution is 2.49. The normalized spacial score (nSPS) is 15.9. The van der Waals surface area contributed by atoms with Gasteiger partial charge in [0.1, 0.15) is 0 Å². The van der Waals surface area contributed by atoms with E-state index in [1.807, 2.05) is 34.9 Å². The third-order valence-corrected chi connectivity index (χ3v) is 9.16. The van der Waals surface area contributed by atoms with Gasteiger partial charge in [0.2, 0.25) is 0 Å². The maximum Gasteiger partial charge on any atom is 0.263 e. The third-order valence-electron chi connectivity index (χ3n) is 7.73. The molecule has 0 amide bonds. The molecule has 6 rings (SSSR count). The van der Waals surface area contributed by atoms with Crippen LogP contribution in [0.3, 0.4) is 0 Å².